The van der Waals surface area contributed by atoms with Gasteiger partial charge >= 0.3 is 0 Å². The van der Waals surface area contributed by atoms with Gasteiger partial charge in [-0.05, 0) is 0 Å². The van der Waals surface area contributed by atoms with Gasteiger partial charge in [0.2, 0.25) is 0 Å². The molecular formula is C3H9O3SSi. The molecule has 49 valence electrons. The molecule has 0 spiro atoms. The van der Waals surface area contributed by atoms with Crippen LogP contribution in [0.25, 0.3) is 0 Å². The van der Waals surface area contributed by atoms with E-state index >= 15 is 0 Å². The molecule has 0 saturated carbocycles. The molecule has 0 unspecified atom stereocenters. The van der Waals surface area contributed by atoms with Crippen molar-refractivity contribution in [2.45, 2.75) is 13.1 Å². The predicted molar refractivity (Wildman–Crippen MR) is 33.9 cm³/mol. The van der Waals surface area contributed by atoms with Crippen LogP contribution in [-0.2, 0) is 10.1 Å². The quantitative estimate of drug-likeness (QED) is 0.454. The maximum Gasteiger partial charge on any atom is 0.262 e. The van der Waals surface area contributed by atoms with Crippen molar-refractivity contribution < 1.29 is 13.0 Å². The highest BCUT2D eigenvalue weighted by Gasteiger charge is 2.07. The van der Waals surface area contributed by atoms with Gasteiger partial charge in [0.05, 0.1) is 14.2 Å². The lowest BCUT2D eigenvalue weighted by Gasteiger charge is -1.95. The van der Waals surface area contributed by atoms with Gasteiger partial charge < -0.3 is 0 Å². The summed E-state index contributed by atoms with van der Waals surface area (Å²) in [6.07, 6.45) is 0. The standard InChI is InChI=1S/C3H9O3SSi/c1-8(2)3-7(4,5)6/h3H2,1-2H3,(H,4,5,6). The largest absolute Gasteiger partial charge is 0.286 e. The summed E-state index contributed by atoms with van der Waals surface area (Å²) in [5.74, 6) is 0. The summed E-state index contributed by atoms with van der Waals surface area (Å²) < 4.78 is 28.2. The molecule has 0 aromatic carbocycles. The maximum absolute atomic E-state index is 10.0. The van der Waals surface area contributed by atoms with Crippen LogP contribution in [-0.4, -0.2) is 27.1 Å². The Morgan fingerprint density at radius 1 is 1.50 bits per heavy atom. The van der Waals surface area contributed by atoms with Crippen LogP contribution < -0.4 is 0 Å². The molecule has 5 heteroatoms. The smallest absolute Gasteiger partial charge is 0.262 e. The molecule has 1 radical (unpaired) electrons. The minimum atomic E-state index is -3.68. The van der Waals surface area contributed by atoms with Crippen LogP contribution in [0.1, 0.15) is 0 Å². The van der Waals surface area contributed by atoms with Crippen molar-refractivity contribution >= 4 is 18.9 Å². The van der Waals surface area contributed by atoms with Gasteiger partial charge in [-0.25, -0.2) is 0 Å². The topological polar surface area (TPSA) is 54.4 Å². The van der Waals surface area contributed by atoms with Crippen molar-refractivity contribution in [3.8, 4) is 0 Å². The molecule has 0 aliphatic heterocycles. The lowest BCUT2D eigenvalue weighted by atomic mass is 11.8. The van der Waals surface area contributed by atoms with Crippen LogP contribution >= 0.6 is 0 Å². The first kappa shape index (κ1) is 8.13. The van der Waals surface area contributed by atoms with Crippen molar-refractivity contribution in [1.29, 1.82) is 0 Å². The predicted octanol–water partition coefficient (Wildman–Crippen LogP) is 0.168. The van der Waals surface area contributed by atoms with E-state index < -0.39 is 18.9 Å². The van der Waals surface area contributed by atoms with Gasteiger partial charge in [0, 0.05) is 0 Å². The molecule has 0 aliphatic carbocycles. The van der Waals surface area contributed by atoms with Crippen LogP contribution in [0.15, 0.2) is 0 Å². The van der Waals surface area contributed by atoms with Gasteiger partial charge in [0.15, 0.2) is 0 Å². The fourth-order valence-electron chi connectivity index (χ4n) is 0.365. The van der Waals surface area contributed by atoms with E-state index in [4.69, 9.17) is 4.55 Å². The van der Waals surface area contributed by atoms with E-state index in [1.807, 2.05) is 13.1 Å². The average molecular weight is 153 g/mol. The Morgan fingerprint density at radius 2 is 1.88 bits per heavy atom. The van der Waals surface area contributed by atoms with Gasteiger partial charge in [-0.2, -0.15) is 8.42 Å². The fourth-order valence-corrected chi connectivity index (χ4v) is 3.28. The van der Waals surface area contributed by atoms with Crippen LogP contribution in [0.5, 0.6) is 0 Å². The fraction of sp³-hybridized carbons (Fsp3) is 1.00. The molecule has 0 amide bonds. The van der Waals surface area contributed by atoms with E-state index in [-0.39, 0.29) is 5.38 Å². The summed E-state index contributed by atoms with van der Waals surface area (Å²) in [6, 6.07) is 0. The molecule has 1 N–H and O–H groups in total. The van der Waals surface area contributed by atoms with E-state index in [9.17, 15) is 8.42 Å². The summed E-state index contributed by atoms with van der Waals surface area (Å²) >= 11 is 0. The highest BCUT2D eigenvalue weighted by Crippen LogP contribution is 1.86. The van der Waals surface area contributed by atoms with E-state index in [2.05, 4.69) is 0 Å². The average Bonchev–Trinajstić information content (AvgIpc) is 1.21. The first-order valence-corrected chi connectivity index (χ1v) is 6.47. The molecule has 3 nitrogen and oxygen atoms in total. The Kier molecular flexibility index (Phi) is 2.65. The SMILES string of the molecule is C[Si](C)CS(=O)(=O)O. The first-order chi connectivity index (χ1) is 3.42. The van der Waals surface area contributed by atoms with Gasteiger partial charge in [-0.1, -0.05) is 13.1 Å². The third-order valence-electron chi connectivity index (χ3n) is 0.471. The highest BCUT2D eigenvalue weighted by molar-refractivity contribution is 7.87. The molecule has 0 atom stereocenters. The second-order valence-electron chi connectivity index (χ2n) is 1.93. The molecule has 0 heterocycles. The summed E-state index contributed by atoms with van der Waals surface area (Å²) in [6.45, 7) is 3.66. The van der Waals surface area contributed by atoms with E-state index in [1.165, 1.54) is 0 Å². The monoisotopic (exact) mass is 153 g/mol. The molecule has 0 aromatic heterocycles. The van der Waals surface area contributed by atoms with Gasteiger partial charge in [-0.15, -0.1) is 0 Å². The van der Waals surface area contributed by atoms with Crippen LogP contribution in [0.3, 0.4) is 0 Å². The van der Waals surface area contributed by atoms with Crippen LogP contribution in [0.4, 0.5) is 0 Å². The Morgan fingerprint density at radius 3 is 1.88 bits per heavy atom. The van der Waals surface area contributed by atoms with Crippen LogP contribution in [0, 0.1) is 0 Å². The van der Waals surface area contributed by atoms with Crippen molar-refractivity contribution in [3.05, 3.63) is 0 Å². The summed E-state index contributed by atoms with van der Waals surface area (Å²) in [4.78, 5) is 0. The van der Waals surface area contributed by atoms with Gasteiger partial charge in [0.25, 0.3) is 10.1 Å². The van der Waals surface area contributed by atoms with Crippen molar-refractivity contribution in [2.75, 3.05) is 5.38 Å². The van der Waals surface area contributed by atoms with Crippen molar-refractivity contribution in [1.82, 2.24) is 0 Å². The molecule has 0 aromatic rings. The summed E-state index contributed by atoms with van der Waals surface area (Å²) in [7, 11) is -4.51. The molecule has 0 saturated heterocycles. The minimum Gasteiger partial charge on any atom is -0.286 e. The zero-order valence-corrected chi connectivity index (χ0v) is 6.70. The van der Waals surface area contributed by atoms with Gasteiger partial charge in [0.1, 0.15) is 0 Å². The van der Waals surface area contributed by atoms with E-state index in [0.717, 1.165) is 0 Å². The zero-order valence-electron chi connectivity index (χ0n) is 4.88. The molecular weight excluding hydrogens is 144 g/mol. The lowest BCUT2D eigenvalue weighted by molar-refractivity contribution is 0.488. The minimum absolute atomic E-state index is 0.0440. The Labute approximate surface area is 51.1 Å². The van der Waals surface area contributed by atoms with Crippen LogP contribution in [0.2, 0.25) is 13.1 Å². The van der Waals surface area contributed by atoms with Gasteiger partial charge in [-0.3, -0.25) is 4.55 Å². The summed E-state index contributed by atoms with van der Waals surface area (Å²) in [5.41, 5.74) is 0. The Bertz CT molecular complexity index is 148. The number of rotatable bonds is 2. The Hall–Kier alpha value is 0.127. The zero-order chi connectivity index (χ0) is 6.78. The number of hydrogen-bond donors (Lipinski definition) is 1. The maximum atomic E-state index is 10.0. The second kappa shape index (κ2) is 2.61. The third-order valence-corrected chi connectivity index (χ3v) is 4.24. The molecule has 0 fully saturated rings. The molecule has 0 rings (SSSR count). The van der Waals surface area contributed by atoms with Crippen molar-refractivity contribution in [3.63, 3.8) is 0 Å². The molecule has 0 bridgehead atoms. The Balaban J connectivity index is 3.75. The normalized spacial score (nSPS) is 12.5. The second-order valence-corrected chi connectivity index (χ2v) is 6.67. The van der Waals surface area contributed by atoms with E-state index in [1.54, 1.807) is 0 Å². The lowest BCUT2D eigenvalue weighted by Crippen LogP contribution is -2.17. The first-order valence-electron chi connectivity index (χ1n) is 2.16. The summed E-state index contributed by atoms with van der Waals surface area (Å²) in [5, 5.41) is -0.0440. The highest BCUT2D eigenvalue weighted by atomic mass is 32.2. The molecule has 0 aliphatic rings. The number of hydrogen-bond acceptors (Lipinski definition) is 2. The van der Waals surface area contributed by atoms with Crippen molar-refractivity contribution in [2.24, 2.45) is 0 Å². The third kappa shape index (κ3) is 6.13. The van der Waals surface area contributed by atoms with E-state index in [0.29, 0.717) is 0 Å². The molecule has 8 heavy (non-hydrogen) atoms.